The van der Waals surface area contributed by atoms with Gasteiger partial charge in [-0.3, -0.25) is 0 Å². The van der Waals surface area contributed by atoms with Crippen LogP contribution in [-0.4, -0.2) is 8.32 Å². The maximum Gasteiger partial charge on any atom is 0.272 e. The molecule has 0 amide bonds. The van der Waals surface area contributed by atoms with Crippen LogP contribution in [0.1, 0.15) is 47.1 Å². The summed E-state index contributed by atoms with van der Waals surface area (Å²) in [5.74, 6) is 3.18. The Hall–Kier alpha value is -1.20. The van der Waals surface area contributed by atoms with Crippen LogP contribution in [0.3, 0.4) is 0 Å². The second kappa shape index (κ2) is 7.55. The SMILES string of the molecule is CC(C)[Si](OC#CCc1ccccc1)(C(C)C)C(C)C. The molecule has 0 N–H and O–H groups in total. The van der Waals surface area contributed by atoms with E-state index < -0.39 is 8.32 Å². The van der Waals surface area contributed by atoms with Gasteiger partial charge >= 0.3 is 0 Å². The zero-order valence-electron chi connectivity index (χ0n) is 13.7. The van der Waals surface area contributed by atoms with Crippen molar-refractivity contribution in [3.8, 4) is 12.0 Å². The topological polar surface area (TPSA) is 9.23 Å². The van der Waals surface area contributed by atoms with Crippen LogP contribution in [0.25, 0.3) is 0 Å². The van der Waals surface area contributed by atoms with E-state index in [9.17, 15) is 0 Å². The summed E-state index contributed by atoms with van der Waals surface area (Å²) in [4.78, 5) is 0. The Morgan fingerprint density at radius 1 is 0.900 bits per heavy atom. The lowest BCUT2D eigenvalue weighted by Crippen LogP contribution is -2.46. The molecular formula is C18H28OSi. The van der Waals surface area contributed by atoms with E-state index in [-0.39, 0.29) is 0 Å². The minimum Gasteiger partial charge on any atom is -0.500 e. The molecule has 0 spiro atoms. The first-order valence-corrected chi connectivity index (χ1v) is 9.75. The van der Waals surface area contributed by atoms with Crippen LogP contribution in [0.5, 0.6) is 0 Å². The third-order valence-corrected chi connectivity index (χ3v) is 10.0. The fourth-order valence-electron chi connectivity index (χ4n) is 3.21. The van der Waals surface area contributed by atoms with Gasteiger partial charge in [0.05, 0.1) is 6.11 Å². The van der Waals surface area contributed by atoms with Gasteiger partial charge < -0.3 is 4.43 Å². The Kier molecular flexibility index (Phi) is 6.36. The molecule has 1 aromatic carbocycles. The van der Waals surface area contributed by atoms with Gasteiger partial charge in [0.15, 0.2) is 0 Å². The third-order valence-electron chi connectivity index (χ3n) is 4.14. The fourth-order valence-corrected chi connectivity index (χ4v) is 8.17. The molecule has 0 heterocycles. The molecule has 0 radical (unpaired) electrons. The van der Waals surface area contributed by atoms with Crippen molar-refractivity contribution in [3.05, 3.63) is 35.9 Å². The molecule has 0 unspecified atom stereocenters. The maximum absolute atomic E-state index is 6.21. The molecule has 0 fully saturated rings. The summed E-state index contributed by atoms with van der Waals surface area (Å²) >= 11 is 0. The van der Waals surface area contributed by atoms with Crippen LogP contribution in [0.2, 0.25) is 16.6 Å². The van der Waals surface area contributed by atoms with Crippen molar-refractivity contribution in [2.75, 3.05) is 0 Å². The van der Waals surface area contributed by atoms with E-state index in [0.717, 1.165) is 6.42 Å². The van der Waals surface area contributed by atoms with E-state index in [0.29, 0.717) is 16.6 Å². The Labute approximate surface area is 125 Å². The molecule has 0 saturated heterocycles. The molecule has 0 bridgehead atoms. The average molecular weight is 289 g/mol. The summed E-state index contributed by atoms with van der Waals surface area (Å²) in [6.45, 7) is 13.7. The van der Waals surface area contributed by atoms with Crippen molar-refractivity contribution in [1.29, 1.82) is 0 Å². The Morgan fingerprint density at radius 2 is 1.40 bits per heavy atom. The summed E-state index contributed by atoms with van der Waals surface area (Å²) in [5, 5.41) is 0. The van der Waals surface area contributed by atoms with Gasteiger partial charge in [-0.1, -0.05) is 77.8 Å². The number of rotatable bonds is 5. The highest BCUT2D eigenvalue weighted by atomic mass is 28.4. The smallest absolute Gasteiger partial charge is 0.272 e. The number of benzene rings is 1. The van der Waals surface area contributed by atoms with Crippen molar-refractivity contribution in [2.45, 2.75) is 64.6 Å². The van der Waals surface area contributed by atoms with Crippen molar-refractivity contribution in [1.82, 2.24) is 0 Å². The summed E-state index contributed by atoms with van der Waals surface area (Å²) in [6.07, 6.45) is 3.79. The van der Waals surface area contributed by atoms with Crippen LogP contribution in [0.15, 0.2) is 30.3 Å². The van der Waals surface area contributed by atoms with E-state index in [1.807, 2.05) is 18.2 Å². The molecule has 0 saturated carbocycles. The Morgan fingerprint density at radius 3 is 1.85 bits per heavy atom. The monoisotopic (exact) mass is 288 g/mol. The van der Waals surface area contributed by atoms with E-state index >= 15 is 0 Å². The summed E-state index contributed by atoms with van der Waals surface area (Å²) in [7, 11) is -1.84. The minimum absolute atomic E-state index is 0.577. The van der Waals surface area contributed by atoms with Crippen LogP contribution in [-0.2, 0) is 10.8 Å². The normalized spacial score (nSPS) is 11.7. The first kappa shape index (κ1) is 16.9. The van der Waals surface area contributed by atoms with Crippen LogP contribution in [0, 0.1) is 12.0 Å². The zero-order chi connectivity index (χ0) is 15.2. The highest BCUT2D eigenvalue weighted by Gasteiger charge is 2.46. The molecule has 0 aliphatic carbocycles. The van der Waals surface area contributed by atoms with Gasteiger partial charge in [0.2, 0.25) is 0 Å². The van der Waals surface area contributed by atoms with Crippen molar-refractivity contribution in [2.24, 2.45) is 0 Å². The molecule has 20 heavy (non-hydrogen) atoms. The van der Waals surface area contributed by atoms with Gasteiger partial charge in [0, 0.05) is 6.42 Å². The molecule has 0 aromatic heterocycles. The lowest BCUT2D eigenvalue weighted by Gasteiger charge is -2.39. The molecule has 110 valence electrons. The summed E-state index contributed by atoms with van der Waals surface area (Å²) in [6, 6.07) is 10.3. The lowest BCUT2D eigenvalue weighted by atomic mass is 10.2. The quantitative estimate of drug-likeness (QED) is 0.522. The maximum atomic E-state index is 6.21. The van der Waals surface area contributed by atoms with E-state index in [1.165, 1.54) is 5.56 Å². The number of hydrogen-bond donors (Lipinski definition) is 0. The van der Waals surface area contributed by atoms with Gasteiger partial charge in [-0.25, -0.2) is 0 Å². The molecule has 0 atom stereocenters. The number of hydrogen-bond acceptors (Lipinski definition) is 1. The average Bonchev–Trinajstić information content (AvgIpc) is 2.38. The van der Waals surface area contributed by atoms with Gasteiger partial charge in [0.25, 0.3) is 8.32 Å². The lowest BCUT2D eigenvalue weighted by molar-refractivity contribution is 0.446. The summed E-state index contributed by atoms with van der Waals surface area (Å²) < 4.78 is 6.21. The second-order valence-corrected chi connectivity index (χ2v) is 11.7. The zero-order valence-corrected chi connectivity index (χ0v) is 14.7. The third kappa shape index (κ3) is 3.90. The van der Waals surface area contributed by atoms with Crippen LogP contribution >= 0.6 is 0 Å². The van der Waals surface area contributed by atoms with E-state index in [1.54, 1.807) is 0 Å². The predicted octanol–water partition coefficient (Wildman–Crippen LogP) is 5.38. The first-order chi connectivity index (χ1) is 9.41. The first-order valence-electron chi connectivity index (χ1n) is 7.61. The highest BCUT2D eigenvalue weighted by Crippen LogP contribution is 2.41. The van der Waals surface area contributed by atoms with Crippen molar-refractivity contribution >= 4 is 8.32 Å². The standard InChI is InChI=1S/C18H28OSi/c1-15(2)20(16(3)4,17(5)6)19-14-10-13-18-11-8-7-9-12-18/h7-9,11-12,15-17H,13H2,1-6H3. The van der Waals surface area contributed by atoms with Crippen molar-refractivity contribution < 1.29 is 4.43 Å². The molecule has 2 heteroatoms. The van der Waals surface area contributed by atoms with Gasteiger partial charge in [-0.05, 0) is 22.2 Å². The van der Waals surface area contributed by atoms with E-state index in [2.05, 4.69) is 65.7 Å². The molecule has 1 nitrogen and oxygen atoms in total. The second-order valence-electron chi connectivity index (χ2n) is 6.36. The summed E-state index contributed by atoms with van der Waals surface area (Å²) in [5.41, 5.74) is 2.98. The van der Waals surface area contributed by atoms with Crippen LogP contribution in [0.4, 0.5) is 0 Å². The minimum atomic E-state index is -1.84. The largest absolute Gasteiger partial charge is 0.500 e. The fraction of sp³-hybridized carbons (Fsp3) is 0.556. The van der Waals surface area contributed by atoms with E-state index in [4.69, 9.17) is 4.43 Å². The molecule has 0 aliphatic heterocycles. The highest BCUT2D eigenvalue weighted by molar-refractivity contribution is 6.77. The Bertz CT molecular complexity index is 430. The molecule has 1 rings (SSSR count). The molecular weight excluding hydrogens is 260 g/mol. The molecule has 1 aromatic rings. The van der Waals surface area contributed by atoms with Gasteiger partial charge in [-0.2, -0.15) is 0 Å². The predicted molar refractivity (Wildman–Crippen MR) is 90.1 cm³/mol. The molecule has 0 aliphatic rings. The van der Waals surface area contributed by atoms with Gasteiger partial charge in [-0.15, -0.1) is 0 Å². The van der Waals surface area contributed by atoms with Crippen molar-refractivity contribution in [3.63, 3.8) is 0 Å². The van der Waals surface area contributed by atoms with Gasteiger partial charge in [0.1, 0.15) is 0 Å². The Balaban J connectivity index is 2.78. The van der Waals surface area contributed by atoms with Crippen LogP contribution < -0.4 is 0 Å².